The molecule has 0 unspecified atom stereocenters. The molecule has 0 bridgehead atoms. The van der Waals surface area contributed by atoms with E-state index in [0.29, 0.717) is 15.9 Å². The summed E-state index contributed by atoms with van der Waals surface area (Å²) in [5.74, 6) is -0.357. The van der Waals surface area contributed by atoms with Gasteiger partial charge in [0.2, 0.25) is 0 Å². The van der Waals surface area contributed by atoms with Crippen LogP contribution in [-0.4, -0.2) is 15.7 Å². The van der Waals surface area contributed by atoms with E-state index in [2.05, 4.69) is 26.3 Å². The quantitative estimate of drug-likeness (QED) is 0.903. The number of nitrogens with zero attached hydrogens (tertiary/aromatic N) is 2. The fourth-order valence-electron chi connectivity index (χ4n) is 1.59. The molecule has 2 rings (SSSR count). The molecule has 0 fully saturated rings. The molecular weight excluding hydrogens is 315 g/mol. The first-order valence-corrected chi connectivity index (χ1v) is 6.27. The van der Waals surface area contributed by atoms with E-state index < -0.39 is 5.82 Å². The molecule has 7 heteroatoms. The molecule has 2 aromatic rings. The fourth-order valence-corrected chi connectivity index (χ4v) is 2.06. The summed E-state index contributed by atoms with van der Waals surface area (Å²) in [5, 5.41) is 6.63. The Balaban J connectivity index is 2.07. The second kappa shape index (κ2) is 5.40. The number of hydrogen-bond acceptors (Lipinski definition) is 3. The van der Waals surface area contributed by atoms with Gasteiger partial charge in [0.15, 0.2) is 0 Å². The second-order valence-electron chi connectivity index (χ2n) is 4.02. The molecule has 0 spiro atoms. The molecule has 0 radical (unpaired) electrons. The lowest BCUT2D eigenvalue weighted by Crippen LogP contribution is -2.23. The summed E-state index contributed by atoms with van der Waals surface area (Å²) < 4.78 is 15.2. The van der Waals surface area contributed by atoms with Crippen molar-refractivity contribution in [1.29, 1.82) is 0 Å². The van der Waals surface area contributed by atoms with Crippen molar-refractivity contribution < 1.29 is 9.18 Å². The summed E-state index contributed by atoms with van der Waals surface area (Å²) in [6.07, 6.45) is 1.58. The van der Waals surface area contributed by atoms with E-state index in [1.54, 1.807) is 19.3 Å². The summed E-state index contributed by atoms with van der Waals surface area (Å²) in [5.41, 5.74) is 6.72. The molecule has 0 saturated heterocycles. The van der Waals surface area contributed by atoms with E-state index in [4.69, 9.17) is 5.73 Å². The minimum absolute atomic E-state index is 0.243. The Bertz CT molecular complexity index is 606. The Hall–Kier alpha value is -1.89. The van der Waals surface area contributed by atoms with Crippen molar-refractivity contribution >= 4 is 27.7 Å². The molecular formula is C12H12BrFN4O. The molecule has 100 valence electrons. The number of aromatic nitrogens is 2. The minimum atomic E-state index is -0.472. The Morgan fingerprint density at radius 3 is 2.84 bits per heavy atom. The molecule has 19 heavy (non-hydrogen) atoms. The predicted molar refractivity (Wildman–Crippen MR) is 72.9 cm³/mol. The summed E-state index contributed by atoms with van der Waals surface area (Å²) in [6, 6.07) is 4.01. The van der Waals surface area contributed by atoms with Crippen molar-refractivity contribution in [3.8, 4) is 0 Å². The van der Waals surface area contributed by atoms with Gasteiger partial charge in [-0.3, -0.25) is 9.48 Å². The van der Waals surface area contributed by atoms with Crippen LogP contribution in [0.15, 0.2) is 28.9 Å². The number of carbonyl (C=O) groups is 1. The Kier molecular flexibility index (Phi) is 3.84. The van der Waals surface area contributed by atoms with E-state index in [1.807, 2.05) is 0 Å². The summed E-state index contributed by atoms with van der Waals surface area (Å²) in [7, 11) is 1.71. The zero-order valence-corrected chi connectivity index (χ0v) is 11.7. The van der Waals surface area contributed by atoms with Crippen LogP contribution in [0.3, 0.4) is 0 Å². The predicted octanol–water partition coefficient (Wildman–Crippen LogP) is 1.83. The maximum atomic E-state index is 13.2. The molecule has 1 aromatic heterocycles. The zero-order chi connectivity index (χ0) is 14.0. The van der Waals surface area contributed by atoms with Crippen LogP contribution in [-0.2, 0) is 13.6 Å². The number of hydrogen-bond donors (Lipinski definition) is 2. The van der Waals surface area contributed by atoms with Gasteiger partial charge in [-0.1, -0.05) is 15.9 Å². The van der Waals surface area contributed by atoms with Gasteiger partial charge in [0.1, 0.15) is 11.6 Å². The number of rotatable bonds is 3. The third kappa shape index (κ3) is 3.11. The number of carbonyl (C=O) groups excluding carboxylic acids is 1. The van der Waals surface area contributed by atoms with E-state index in [0.717, 1.165) is 0 Å². The second-order valence-corrected chi connectivity index (χ2v) is 4.94. The Labute approximate surface area is 117 Å². The number of nitrogens with two attached hydrogens (primary N) is 1. The topological polar surface area (TPSA) is 72.9 Å². The first kappa shape index (κ1) is 13.5. The van der Waals surface area contributed by atoms with Crippen molar-refractivity contribution in [3.05, 3.63) is 45.8 Å². The SMILES string of the molecule is Cn1ncc(CNC(=O)c2cc(F)cc(Br)c2)c1N. The number of amides is 1. The van der Waals surface area contributed by atoms with Crippen LogP contribution in [0.2, 0.25) is 0 Å². The highest BCUT2D eigenvalue weighted by Crippen LogP contribution is 2.15. The molecule has 0 aliphatic rings. The third-order valence-corrected chi connectivity index (χ3v) is 3.09. The smallest absolute Gasteiger partial charge is 0.251 e. The van der Waals surface area contributed by atoms with Crippen LogP contribution < -0.4 is 11.1 Å². The lowest BCUT2D eigenvalue weighted by molar-refractivity contribution is 0.0950. The number of benzene rings is 1. The first-order chi connectivity index (χ1) is 8.97. The molecule has 0 atom stereocenters. The standard InChI is InChI=1S/C12H12BrFN4O/c1-18-11(15)8(6-17-18)5-16-12(19)7-2-9(13)4-10(14)3-7/h2-4,6H,5,15H2,1H3,(H,16,19). The average molecular weight is 327 g/mol. The van der Waals surface area contributed by atoms with E-state index in [-0.39, 0.29) is 18.0 Å². The highest BCUT2D eigenvalue weighted by molar-refractivity contribution is 9.10. The summed E-state index contributed by atoms with van der Waals surface area (Å²) >= 11 is 3.14. The average Bonchev–Trinajstić information content (AvgIpc) is 2.66. The first-order valence-electron chi connectivity index (χ1n) is 5.48. The highest BCUT2D eigenvalue weighted by atomic mass is 79.9. The highest BCUT2D eigenvalue weighted by Gasteiger charge is 2.10. The molecule has 1 aromatic carbocycles. The maximum Gasteiger partial charge on any atom is 0.251 e. The molecule has 0 aliphatic carbocycles. The van der Waals surface area contributed by atoms with Crippen LogP contribution in [0.25, 0.3) is 0 Å². The van der Waals surface area contributed by atoms with Gasteiger partial charge in [-0.25, -0.2) is 4.39 Å². The van der Waals surface area contributed by atoms with Gasteiger partial charge in [0.05, 0.1) is 6.20 Å². The Morgan fingerprint density at radius 1 is 1.53 bits per heavy atom. The van der Waals surface area contributed by atoms with Crippen LogP contribution in [0.1, 0.15) is 15.9 Å². The number of nitrogen functional groups attached to an aromatic ring is 1. The fraction of sp³-hybridized carbons (Fsp3) is 0.167. The van der Waals surface area contributed by atoms with Gasteiger partial charge >= 0.3 is 0 Å². The molecule has 1 heterocycles. The number of aryl methyl sites for hydroxylation is 1. The number of nitrogens with one attached hydrogen (secondary N) is 1. The Morgan fingerprint density at radius 2 is 2.26 bits per heavy atom. The lowest BCUT2D eigenvalue weighted by Gasteiger charge is -2.05. The van der Waals surface area contributed by atoms with Gasteiger partial charge in [-0.15, -0.1) is 0 Å². The van der Waals surface area contributed by atoms with Crippen molar-refractivity contribution in [2.45, 2.75) is 6.54 Å². The molecule has 0 saturated carbocycles. The molecule has 0 aliphatic heterocycles. The van der Waals surface area contributed by atoms with E-state index in [9.17, 15) is 9.18 Å². The molecule has 1 amide bonds. The molecule has 3 N–H and O–H groups in total. The van der Waals surface area contributed by atoms with Crippen LogP contribution in [0, 0.1) is 5.82 Å². The van der Waals surface area contributed by atoms with E-state index >= 15 is 0 Å². The monoisotopic (exact) mass is 326 g/mol. The van der Waals surface area contributed by atoms with Gasteiger partial charge in [0.25, 0.3) is 5.91 Å². The van der Waals surface area contributed by atoms with Crippen molar-refractivity contribution in [2.75, 3.05) is 5.73 Å². The van der Waals surface area contributed by atoms with Crippen molar-refractivity contribution in [2.24, 2.45) is 7.05 Å². The summed E-state index contributed by atoms with van der Waals surface area (Å²) in [4.78, 5) is 11.9. The summed E-state index contributed by atoms with van der Waals surface area (Å²) in [6.45, 7) is 0.243. The third-order valence-electron chi connectivity index (χ3n) is 2.63. The van der Waals surface area contributed by atoms with Crippen molar-refractivity contribution in [3.63, 3.8) is 0 Å². The van der Waals surface area contributed by atoms with E-state index in [1.165, 1.54) is 16.8 Å². The largest absolute Gasteiger partial charge is 0.384 e. The van der Waals surface area contributed by atoms with Crippen molar-refractivity contribution in [1.82, 2.24) is 15.1 Å². The van der Waals surface area contributed by atoms with Gasteiger partial charge in [-0.2, -0.15) is 5.10 Å². The number of anilines is 1. The van der Waals surface area contributed by atoms with Crippen LogP contribution in [0.5, 0.6) is 0 Å². The normalized spacial score (nSPS) is 10.5. The van der Waals surface area contributed by atoms with Gasteiger partial charge in [-0.05, 0) is 18.2 Å². The van der Waals surface area contributed by atoms with Crippen LogP contribution >= 0.6 is 15.9 Å². The van der Waals surface area contributed by atoms with Crippen LogP contribution in [0.4, 0.5) is 10.2 Å². The molecule has 5 nitrogen and oxygen atoms in total. The van der Waals surface area contributed by atoms with Gasteiger partial charge < -0.3 is 11.1 Å². The lowest BCUT2D eigenvalue weighted by atomic mass is 10.2. The van der Waals surface area contributed by atoms with Gasteiger partial charge in [0, 0.05) is 29.2 Å². The minimum Gasteiger partial charge on any atom is -0.384 e. The zero-order valence-electron chi connectivity index (χ0n) is 10.2. The maximum absolute atomic E-state index is 13.2. The number of halogens is 2.